The van der Waals surface area contributed by atoms with Crippen LogP contribution in [0.1, 0.15) is 114 Å². The fourth-order valence-corrected chi connectivity index (χ4v) is 13.7. The van der Waals surface area contributed by atoms with Crippen molar-refractivity contribution in [3.63, 3.8) is 0 Å². The van der Waals surface area contributed by atoms with Crippen molar-refractivity contribution in [1.29, 1.82) is 0 Å². The average Bonchev–Trinajstić information content (AvgIpc) is 3.52. The first-order chi connectivity index (χ1) is 26.0. The molecule has 0 aromatic rings. The van der Waals surface area contributed by atoms with E-state index in [4.69, 9.17) is 18.9 Å². The van der Waals surface area contributed by atoms with Crippen LogP contribution in [0, 0.1) is 51.2 Å². The predicted octanol–water partition coefficient (Wildman–Crippen LogP) is 2.40. The van der Waals surface area contributed by atoms with E-state index < -0.39 is 115 Å². The first kappa shape index (κ1) is 44.8. The van der Waals surface area contributed by atoms with Crippen LogP contribution in [0.25, 0.3) is 0 Å². The van der Waals surface area contributed by atoms with Crippen molar-refractivity contribution in [2.75, 3.05) is 13.2 Å². The molecule has 21 atom stereocenters. The second-order valence-electron chi connectivity index (χ2n) is 20.6. The maximum atomic E-state index is 12.6. The second kappa shape index (κ2) is 15.9. The Bertz CT molecular complexity index is 1400. The molecule has 2 heterocycles. The molecule has 13 nitrogen and oxygen atoms in total. The third kappa shape index (κ3) is 7.08. The Morgan fingerprint density at radius 3 is 2.00 bits per heavy atom. The fourth-order valence-electron chi connectivity index (χ4n) is 13.7. The molecular formula is C43H74O13. The van der Waals surface area contributed by atoms with Crippen molar-refractivity contribution >= 4 is 0 Å². The van der Waals surface area contributed by atoms with Gasteiger partial charge in [-0.25, -0.2) is 0 Å². The summed E-state index contributed by atoms with van der Waals surface area (Å²) in [6, 6.07) is 0. The smallest absolute Gasteiger partial charge is 0.187 e. The van der Waals surface area contributed by atoms with Gasteiger partial charge in [0.1, 0.15) is 36.6 Å². The number of fused-ring (bicyclic) bond motifs is 5. The summed E-state index contributed by atoms with van der Waals surface area (Å²) in [6.45, 7) is 17.9. The molecule has 2 saturated heterocycles. The molecule has 0 radical (unpaired) electrons. The van der Waals surface area contributed by atoms with Crippen LogP contribution in [0.15, 0.2) is 11.6 Å². The summed E-state index contributed by atoms with van der Waals surface area (Å²) in [5, 5.41) is 98.2. The Kier molecular flexibility index (Phi) is 12.7. The molecule has 13 heteroatoms. The van der Waals surface area contributed by atoms with E-state index in [1.165, 1.54) is 0 Å². The maximum absolute atomic E-state index is 12.6. The largest absolute Gasteiger partial charge is 0.394 e. The molecule has 6 fully saturated rings. The second-order valence-corrected chi connectivity index (χ2v) is 20.6. The summed E-state index contributed by atoms with van der Waals surface area (Å²) in [5.41, 5.74) is -1.56. The molecule has 56 heavy (non-hydrogen) atoms. The summed E-state index contributed by atoms with van der Waals surface area (Å²) in [5.74, 6) is -1.11. The monoisotopic (exact) mass is 799 g/mol. The highest BCUT2D eigenvalue weighted by atomic mass is 16.7. The van der Waals surface area contributed by atoms with E-state index in [9.17, 15) is 46.0 Å². The molecule has 0 amide bonds. The number of hydrogen-bond donors (Lipinski definition) is 9. The van der Waals surface area contributed by atoms with Crippen LogP contribution in [0.3, 0.4) is 0 Å². The van der Waals surface area contributed by atoms with Crippen molar-refractivity contribution in [2.45, 2.75) is 193 Å². The van der Waals surface area contributed by atoms with Gasteiger partial charge < -0.3 is 64.9 Å². The lowest BCUT2D eigenvalue weighted by Gasteiger charge is -2.72. The van der Waals surface area contributed by atoms with Gasteiger partial charge in [0.2, 0.25) is 0 Å². The van der Waals surface area contributed by atoms with E-state index >= 15 is 0 Å². The Morgan fingerprint density at radius 1 is 0.786 bits per heavy atom. The summed E-state index contributed by atoms with van der Waals surface area (Å²) >= 11 is 0. The van der Waals surface area contributed by atoms with Crippen molar-refractivity contribution in [3.8, 4) is 0 Å². The summed E-state index contributed by atoms with van der Waals surface area (Å²) < 4.78 is 26.0. The highest BCUT2D eigenvalue weighted by Gasteiger charge is 2.74. The van der Waals surface area contributed by atoms with E-state index in [2.05, 4.69) is 40.7 Å². The van der Waals surface area contributed by atoms with Gasteiger partial charge in [0, 0.05) is 5.92 Å². The number of aliphatic hydroxyl groups excluding tert-OH is 9. The molecule has 0 bridgehead atoms. The average molecular weight is 799 g/mol. The van der Waals surface area contributed by atoms with Gasteiger partial charge in [-0.3, -0.25) is 0 Å². The van der Waals surface area contributed by atoms with Crippen molar-refractivity contribution in [3.05, 3.63) is 11.6 Å². The molecule has 324 valence electrons. The summed E-state index contributed by atoms with van der Waals surface area (Å²) in [7, 11) is 0. The maximum Gasteiger partial charge on any atom is 0.187 e. The fraction of sp³-hybridized carbons (Fsp3) is 0.953. The Morgan fingerprint density at radius 2 is 1.39 bits per heavy atom. The van der Waals surface area contributed by atoms with Gasteiger partial charge in [0.15, 0.2) is 12.6 Å². The number of hydrogen-bond acceptors (Lipinski definition) is 13. The number of allylic oxidation sites excluding steroid dienone is 2. The minimum absolute atomic E-state index is 0.0622. The van der Waals surface area contributed by atoms with Gasteiger partial charge >= 0.3 is 0 Å². The molecule has 6 aliphatic rings. The SMILES string of the molecule is CC(C)=CCC[C@@](C)(OC1OC(CO)C(O)C(O)C1O)C1CC[C@]2(C)C1[C@H](O)CC1[C@@]3(C)CC[C@H](O)C(C)(C)C3[C@@H](OC3OC(CO)C(O)C(O)C3C)C[C@]12C. The first-order valence-electron chi connectivity index (χ1n) is 21.3. The zero-order valence-corrected chi connectivity index (χ0v) is 35.1. The molecule has 2 aliphatic heterocycles. The van der Waals surface area contributed by atoms with E-state index in [1.807, 2.05) is 20.8 Å². The van der Waals surface area contributed by atoms with Crippen LogP contribution in [-0.2, 0) is 18.9 Å². The minimum atomic E-state index is -1.58. The van der Waals surface area contributed by atoms with Gasteiger partial charge in [-0.2, -0.15) is 0 Å². The molecular weight excluding hydrogens is 724 g/mol. The van der Waals surface area contributed by atoms with Crippen molar-refractivity contribution in [1.82, 2.24) is 0 Å². The third-order valence-corrected chi connectivity index (χ3v) is 16.9. The van der Waals surface area contributed by atoms with E-state index in [1.54, 1.807) is 6.92 Å². The lowest BCUT2D eigenvalue weighted by molar-refractivity contribution is -0.344. The first-order valence-corrected chi connectivity index (χ1v) is 21.3. The van der Waals surface area contributed by atoms with Crippen molar-refractivity contribution < 1.29 is 64.9 Å². The van der Waals surface area contributed by atoms with Crippen LogP contribution in [-0.4, -0.2) is 138 Å². The molecule has 0 spiro atoms. The van der Waals surface area contributed by atoms with Crippen LogP contribution >= 0.6 is 0 Å². The van der Waals surface area contributed by atoms with Gasteiger partial charge in [0.05, 0.1) is 43.2 Å². The normalized spacial score (nSPS) is 52.6. The zero-order chi connectivity index (χ0) is 41.5. The van der Waals surface area contributed by atoms with Gasteiger partial charge in [-0.1, -0.05) is 53.2 Å². The summed E-state index contributed by atoms with van der Waals surface area (Å²) in [4.78, 5) is 0. The Labute approximate surface area is 333 Å². The van der Waals surface area contributed by atoms with E-state index in [0.29, 0.717) is 38.5 Å². The van der Waals surface area contributed by atoms with E-state index in [0.717, 1.165) is 18.4 Å². The summed E-state index contributed by atoms with van der Waals surface area (Å²) in [6.07, 6.45) is -5.84. The number of aliphatic hydroxyl groups is 9. The zero-order valence-electron chi connectivity index (χ0n) is 35.1. The predicted molar refractivity (Wildman–Crippen MR) is 205 cm³/mol. The Hall–Kier alpha value is -0.780. The molecule has 0 aromatic heterocycles. The van der Waals surface area contributed by atoms with E-state index in [-0.39, 0.29) is 29.1 Å². The third-order valence-electron chi connectivity index (χ3n) is 16.9. The standard InChI is InChI=1S/C43H74O13/c1-21(2)11-10-14-43(9,56-38-35(52)34(51)33(50)27(20-45)55-38)23-12-16-41(7)30(23)24(46)17-28-40(6)15-13-29(47)39(4,5)36(40)25(18-42(28,41)8)53-37-22(3)31(48)32(49)26(19-44)54-37/h11,22-38,44-52H,10,12-20H2,1-9H3/t22?,23?,24-,25+,26?,27?,28?,29+,30?,31?,32?,33?,34?,35?,36?,37?,38?,40-,41-,42-,43-/m1/s1. The topological polar surface area (TPSA) is 219 Å². The molecule has 9 N–H and O–H groups in total. The van der Waals surface area contributed by atoms with Crippen LogP contribution in [0.4, 0.5) is 0 Å². The lowest BCUT2D eigenvalue weighted by atomic mass is 9.34. The highest BCUT2D eigenvalue weighted by Crippen LogP contribution is 2.76. The van der Waals surface area contributed by atoms with Gasteiger partial charge in [-0.05, 0) is 117 Å². The lowest BCUT2D eigenvalue weighted by Crippen LogP contribution is -2.70. The van der Waals surface area contributed by atoms with Gasteiger partial charge in [-0.15, -0.1) is 0 Å². The molecule has 4 aliphatic carbocycles. The van der Waals surface area contributed by atoms with Crippen LogP contribution in [0.2, 0.25) is 0 Å². The van der Waals surface area contributed by atoms with Crippen LogP contribution in [0.5, 0.6) is 0 Å². The molecule has 6 rings (SSSR count). The van der Waals surface area contributed by atoms with Crippen LogP contribution < -0.4 is 0 Å². The van der Waals surface area contributed by atoms with Crippen molar-refractivity contribution in [2.24, 2.45) is 51.2 Å². The highest BCUT2D eigenvalue weighted by molar-refractivity contribution is 5.22. The van der Waals surface area contributed by atoms with Gasteiger partial charge in [0.25, 0.3) is 0 Å². The molecule has 14 unspecified atom stereocenters. The number of ether oxygens (including phenoxy) is 4. The minimum Gasteiger partial charge on any atom is -0.394 e. The quantitative estimate of drug-likeness (QED) is 0.115. The molecule has 0 aromatic carbocycles. The Balaban J connectivity index is 1.39. The number of rotatable bonds is 10. The molecule has 4 saturated carbocycles.